The fraction of sp³-hybridized carbons (Fsp3) is 0.0870. The van der Waals surface area contributed by atoms with E-state index in [-0.39, 0.29) is 0 Å². The third-order valence-electron chi connectivity index (χ3n) is 5.23. The maximum absolute atomic E-state index is 6.29. The first-order chi connectivity index (χ1) is 13.2. The predicted molar refractivity (Wildman–Crippen MR) is 123 cm³/mol. The highest BCUT2D eigenvalue weighted by atomic mass is 127. The molecule has 0 spiro atoms. The van der Waals surface area contributed by atoms with Gasteiger partial charge in [0.2, 0.25) is 0 Å². The molecule has 0 saturated heterocycles. The molecule has 4 heteroatoms. The number of aliphatic imine (C=N–C) groups is 1. The average Bonchev–Trinajstić information content (AvgIpc) is 3.11. The van der Waals surface area contributed by atoms with Gasteiger partial charge in [0.1, 0.15) is 0 Å². The molecule has 3 nitrogen and oxygen atoms in total. The number of nitrogens with two attached hydrogens (primary N) is 1. The van der Waals surface area contributed by atoms with Gasteiger partial charge in [0.05, 0.1) is 5.69 Å². The van der Waals surface area contributed by atoms with Crippen molar-refractivity contribution < 1.29 is 0 Å². The molecule has 4 aromatic carbocycles. The van der Waals surface area contributed by atoms with Crippen molar-refractivity contribution in [2.45, 2.75) is 12.8 Å². The van der Waals surface area contributed by atoms with E-state index in [1.165, 1.54) is 30.9 Å². The fourth-order valence-electron chi connectivity index (χ4n) is 4.00. The minimum atomic E-state index is 0.403. The van der Waals surface area contributed by atoms with Gasteiger partial charge in [0.25, 0.3) is 0 Å². The van der Waals surface area contributed by atoms with Gasteiger partial charge in [-0.2, -0.15) is 0 Å². The summed E-state index contributed by atoms with van der Waals surface area (Å²) < 4.78 is 1.22. The lowest BCUT2D eigenvalue weighted by Gasteiger charge is -2.11. The largest absolute Gasteiger partial charge is 0.369 e. The number of anilines is 1. The third kappa shape index (κ3) is 2.84. The smallest absolute Gasteiger partial charge is 0.198 e. The number of rotatable bonds is 2. The summed E-state index contributed by atoms with van der Waals surface area (Å²) in [4.78, 5) is 4.70. The second-order valence-electron chi connectivity index (χ2n) is 6.85. The normalized spacial score (nSPS) is 13.4. The standard InChI is InChI=1S/C23H18IN3/c24-19-11-13-20(17-6-2-1-5-16(17)19)26-23(25)27-21-12-10-15-9-8-14-4-3-7-18(21)22(14)15/h1-7,10-13H,8-9H2,(H3,25,26,27). The average molecular weight is 463 g/mol. The number of hydrogen-bond donors (Lipinski definition) is 2. The van der Waals surface area contributed by atoms with Crippen LogP contribution >= 0.6 is 22.6 Å². The lowest BCUT2D eigenvalue weighted by molar-refractivity contribution is 1.02. The molecule has 0 saturated carbocycles. The Morgan fingerprint density at radius 3 is 2.41 bits per heavy atom. The highest BCUT2D eigenvalue weighted by Gasteiger charge is 2.15. The molecule has 1 aliphatic rings. The number of benzene rings is 4. The van der Waals surface area contributed by atoms with Crippen molar-refractivity contribution in [3.05, 3.63) is 81.4 Å². The first-order valence-electron chi connectivity index (χ1n) is 9.02. The van der Waals surface area contributed by atoms with Crippen LogP contribution in [0.2, 0.25) is 0 Å². The van der Waals surface area contributed by atoms with Crippen LogP contribution in [0.4, 0.5) is 11.4 Å². The van der Waals surface area contributed by atoms with Gasteiger partial charge < -0.3 is 11.1 Å². The maximum atomic E-state index is 6.29. The zero-order valence-corrected chi connectivity index (χ0v) is 16.8. The molecule has 0 unspecified atom stereocenters. The van der Waals surface area contributed by atoms with E-state index in [1.807, 2.05) is 6.07 Å². The highest BCUT2D eigenvalue weighted by Crippen LogP contribution is 2.36. The van der Waals surface area contributed by atoms with E-state index < -0.39 is 0 Å². The van der Waals surface area contributed by atoms with Crippen LogP contribution in [0.5, 0.6) is 0 Å². The van der Waals surface area contributed by atoms with E-state index in [4.69, 9.17) is 10.7 Å². The van der Waals surface area contributed by atoms with Crippen molar-refractivity contribution in [3.8, 4) is 0 Å². The van der Waals surface area contributed by atoms with Gasteiger partial charge in [0.15, 0.2) is 5.96 Å². The molecule has 0 amide bonds. The summed E-state index contributed by atoms with van der Waals surface area (Å²) in [7, 11) is 0. The summed E-state index contributed by atoms with van der Waals surface area (Å²) in [5.74, 6) is 0.403. The first-order valence-corrected chi connectivity index (χ1v) is 10.1. The van der Waals surface area contributed by atoms with Crippen LogP contribution in [0.3, 0.4) is 0 Å². The van der Waals surface area contributed by atoms with Crippen LogP contribution in [-0.2, 0) is 12.8 Å². The molecule has 5 rings (SSSR count). The van der Waals surface area contributed by atoms with Gasteiger partial charge in [-0.1, -0.05) is 48.5 Å². The highest BCUT2D eigenvalue weighted by molar-refractivity contribution is 14.1. The molecule has 0 radical (unpaired) electrons. The van der Waals surface area contributed by atoms with Crippen LogP contribution in [-0.4, -0.2) is 5.96 Å². The molecule has 132 valence electrons. The van der Waals surface area contributed by atoms with Crippen molar-refractivity contribution in [2.75, 3.05) is 5.32 Å². The molecule has 3 N–H and O–H groups in total. The van der Waals surface area contributed by atoms with Crippen molar-refractivity contribution >= 4 is 61.5 Å². The SMILES string of the molecule is NC(=Nc1ccc2c3c(cccc13)CC2)Nc1ccc(I)c2ccccc12. The van der Waals surface area contributed by atoms with Crippen molar-refractivity contribution in [1.29, 1.82) is 0 Å². The van der Waals surface area contributed by atoms with Crippen molar-refractivity contribution in [2.24, 2.45) is 10.7 Å². The summed E-state index contributed by atoms with van der Waals surface area (Å²) in [5.41, 5.74) is 11.0. The Kier molecular flexibility index (Phi) is 4.01. The zero-order valence-electron chi connectivity index (χ0n) is 14.7. The molecular formula is C23H18IN3. The number of aryl methyl sites for hydroxylation is 2. The molecule has 4 aromatic rings. The second-order valence-corrected chi connectivity index (χ2v) is 8.01. The van der Waals surface area contributed by atoms with Crippen LogP contribution in [0.15, 0.2) is 71.7 Å². The van der Waals surface area contributed by atoms with Gasteiger partial charge in [-0.25, -0.2) is 4.99 Å². The topological polar surface area (TPSA) is 50.4 Å². The summed E-state index contributed by atoms with van der Waals surface area (Å²) in [5, 5.41) is 8.18. The number of hydrogen-bond acceptors (Lipinski definition) is 1. The number of nitrogens with one attached hydrogen (secondary N) is 1. The van der Waals surface area contributed by atoms with Crippen LogP contribution in [0.1, 0.15) is 11.1 Å². The number of fused-ring (bicyclic) bond motifs is 1. The number of nitrogens with zero attached hydrogens (tertiary/aromatic N) is 1. The van der Waals surface area contributed by atoms with E-state index in [0.29, 0.717) is 5.96 Å². The lowest BCUT2D eigenvalue weighted by Crippen LogP contribution is -2.22. The fourth-order valence-corrected chi connectivity index (χ4v) is 4.65. The Balaban J connectivity index is 1.56. The Hall–Kier alpha value is -2.60. The summed E-state index contributed by atoms with van der Waals surface area (Å²) in [6.07, 6.45) is 2.23. The summed E-state index contributed by atoms with van der Waals surface area (Å²) in [6, 6.07) is 23.2. The van der Waals surface area contributed by atoms with Crippen LogP contribution < -0.4 is 11.1 Å². The van der Waals surface area contributed by atoms with Gasteiger partial charge in [-0.15, -0.1) is 0 Å². The molecule has 0 atom stereocenters. The van der Waals surface area contributed by atoms with Gasteiger partial charge >= 0.3 is 0 Å². The summed E-state index contributed by atoms with van der Waals surface area (Å²) in [6.45, 7) is 0. The summed E-state index contributed by atoms with van der Waals surface area (Å²) >= 11 is 2.36. The third-order valence-corrected chi connectivity index (χ3v) is 6.17. The van der Waals surface area contributed by atoms with Gasteiger partial charge in [-0.05, 0) is 75.5 Å². The Bertz CT molecular complexity index is 1220. The van der Waals surface area contributed by atoms with Gasteiger partial charge in [0, 0.05) is 20.0 Å². The molecular weight excluding hydrogens is 445 g/mol. The van der Waals surface area contributed by atoms with Gasteiger partial charge in [-0.3, -0.25) is 0 Å². The van der Waals surface area contributed by atoms with E-state index in [2.05, 4.69) is 88.6 Å². The molecule has 0 bridgehead atoms. The van der Waals surface area contributed by atoms with E-state index in [9.17, 15) is 0 Å². The quantitative estimate of drug-likeness (QED) is 0.226. The lowest BCUT2D eigenvalue weighted by atomic mass is 10.0. The molecule has 1 aliphatic carbocycles. The number of guanidine groups is 1. The molecule has 0 heterocycles. The molecule has 0 aliphatic heterocycles. The second kappa shape index (κ2) is 6.53. The Labute approximate surface area is 171 Å². The Morgan fingerprint density at radius 2 is 1.56 bits per heavy atom. The van der Waals surface area contributed by atoms with Crippen LogP contribution in [0.25, 0.3) is 21.5 Å². The minimum Gasteiger partial charge on any atom is -0.369 e. The first kappa shape index (κ1) is 16.6. The minimum absolute atomic E-state index is 0.403. The van der Waals surface area contributed by atoms with E-state index >= 15 is 0 Å². The molecule has 27 heavy (non-hydrogen) atoms. The van der Waals surface area contributed by atoms with E-state index in [0.717, 1.165) is 29.6 Å². The van der Waals surface area contributed by atoms with Crippen molar-refractivity contribution in [3.63, 3.8) is 0 Å². The molecule has 0 aromatic heterocycles. The monoisotopic (exact) mass is 463 g/mol. The van der Waals surface area contributed by atoms with Crippen molar-refractivity contribution in [1.82, 2.24) is 0 Å². The number of halogens is 1. The predicted octanol–water partition coefficient (Wildman–Crippen LogP) is 5.75. The maximum Gasteiger partial charge on any atom is 0.198 e. The Morgan fingerprint density at radius 1 is 0.815 bits per heavy atom. The molecule has 0 fully saturated rings. The van der Waals surface area contributed by atoms with E-state index in [1.54, 1.807) is 0 Å². The van der Waals surface area contributed by atoms with Crippen LogP contribution in [0, 0.1) is 3.57 Å². The zero-order chi connectivity index (χ0) is 18.4.